The summed E-state index contributed by atoms with van der Waals surface area (Å²) in [6, 6.07) is 12.9. The van der Waals surface area contributed by atoms with Crippen molar-refractivity contribution in [1.82, 2.24) is 0 Å². The molecule has 2 amide bonds. The number of hydrogen-bond acceptors (Lipinski definition) is 5. The van der Waals surface area contributed by atoms with E-state index in [1.807, 2.05) is 0 Å². The van der Waals surface area contributed by atoms with Crippen molar-refractivity contribution in [2.75, 3.05) is 10.6 Å². The number of carbonyl (C=O) groups is 3. The Morgan fingerprint density at radius 1 is 0.703 bits per heavy atom. The summed E-state index contributed by atoms with van der Waals surface area (Å²) < 4.78 is 11.2. The number of aromatic carboxylic acids is 1. The van der Waals surface area contributed by atoms with Crippen LogP contribution in [0.25, 0.3) is 0 Å². The van der Waals surface area contributed by atoms with Gasteiger partial charge in [0.25, 0.3) is 11.8 Å². The van der Waals surface area contributed by atoms with E-state index < -0.39 is 30.0 Å². The third-order valence-electron chi connectivity index (χ3n) is 4.92. The van der Waals surface area contributed by atoms with Crippen LogP contribution >= 0.6 is 46.4 Å². The number of amides is 2. The molecule has 3 rings (SSSR count). The highest BCUT2D eigenvalue weighted by Crippen LogP contribution is 2.30. The van der Waals surface area contributed by atoms with Crippen LogP contribution in [-0.4, -0.2) is 35.1 Å². The van der Waals surface area contributed by atoms with Crippen molar-refractivity contribution < 1.29 is 29.0 Å². The Bertz CT molecular complexity index is 1350. The van der Waals surface area contributed by atoms with E-state index >= 15 is 0 Å². The number of rotatable bonds is 9. The number of carboxylic acids is 1. The molecule has 0 radical (unpaired) electrons. The van der Waals surface area contributed by atoms with Gasteiger partial charge in [0, 0.05) is 10.0 Å². The maximum Gasteiger partial charge on any atom is 0.335 e. The Balaban J connectivity index is 1.76. The zero-order chi connectivity index (χ0) is 27.3. The lowest BCUT2D eigenvalue weighted by Crippen LogP contribution is -2.32. The van der Waals surface area contributed by atoms with Gasteiger partial charge in [-0.05, 0) is 68.4 Å². The van der Waals surface area contributed by atoms with Gasteiger partial charge in [-0.2, -0.15) is 0 Å². The summed E-state index contributed by atoms with van der Waals surface area (Å²) in [5, 5.41) is 15.8. The lowest BCUT2D eigenvalue weighted by Gasteiger charge is -2.19. The predicted octanol–water partition coefficient (Wildman–Crippen LogP) is 6.81. The first-order chi connectivity index (χ1) is 17.4. The lowest BCUT2D eigenvalue weighted by atomic mass is 10.1. The van der Waals surface area contributed by atoms with Crippen LogP contribution in [0.3, 0.4) is 0 Å². The van der Waals surface area contributed by atoms with Crippen molar-refractivity contribution >= 4 is 75.6 Å². The van der Waals surface area contributed by atoms with Gasteiger partial charge < -0.3 is 25.2 Å². The Kier molecular flexibility index (Phi) is 9.50. The van der Waals surface area contributed by atoms with E-state index in [1.165, 1.54) is 56.3 Å². The summed E-state index contributed by atoms with van der Waals surface area (Å²) in [4.78, 5) is 37.1. The molecule has 0 saturated carbocycles. The molecular weight excluding hydrogens is 566 g/mol. The van der Waals surface area contributed by atoms with Crippen LogP contribution in [0.1, 0.15) is 24.2 Å². The number of benzene rings is 3. The standard InChI is InChI=1S/C25H20Cl4N2O6/c1-12(36-21-7-4-15(26)10-17(21)28)23(32)30-19-6-3-14(25(34)35)9-20(19)31-24(33)13(2)37-22-8-5-16(27)11-18(22)29/h3-13H,1-2H3,(H,30,32)(H,31,33)(H,34,35)/t12-,13-/m1/s1. The molecule has 0 fully saturated rings. The maximum atomic E-state index is 12.8. The third kappa shape index (κ3) is 7.66. The molecule has 0 aromatic heterocycles. The van der Waals surface area contributed by atoms with E-state index in [2.05, 4.69) is 10.6 Å². The molecule has 0 aliphatic rings. The van der Waals surface area contributed by atoms with Crippen LogP contribution in [-0.2, 0) is 9.59 Å². The van der Waals surface area contributed by atoms with Crippen molar-refractivity contribution in [3.63, 3.8) is 0 Å². The summed E-state index contributed by atoms with van der Waals surface area (Å²) in [6.45, 7) is 2.97. The summed E-state index contributed by atoms with van der Waals surface area (Å²) in [5.74, 6) is -1.95. The second kappa shape index (κ2) is 12.4. The molecule has 12 heteroatoms. The fourth-order valence-electron chi connectivity index (χ4n) is 2.99. The first-order valence-electron chi connectivity index (χ1n) is 10.7. The van der Waals surface area contributed by atoms with Gasteiger partial charge in [0.2, 0.25) is 0 Å². The smallest absolute Gasteiger partial charge is 0.335 e. The molecule has 8 nitrogen and oxygen atoms in total. The number of carboxylic acid groups (broad SMARTS) is 1. The van der Waals surface area contributed by atoms with Gasteiger partial charge >= 0.3 is 5.97 Å². The summed E-state index contributed by atoms with van der Waals surface area (Å²) in [5.41, 5.74) is 0.0604. The van der Waals surface area contributed by atoms with Crippen molar-refractivity contribution in [1.29, 1.82) is 0 Å². The molecule has 37 heavy (non-hydrogen) atoms. The van der Waals surface area contributed by atoms with Crippen LogP contribution in [0, 0.1) is 0 Å². The molecule has 3 N–H and O–H groups in total. The largest absolute Gasteiger partial charge is 0.479 e. The van der Waals surface area contributed by atoms with Crippen molar-refractivity contribution in [3.8, 4) is 11.5 Å². The topological polar surface area (TPSA) is 114 Å². The highest BCUT2D eigenvalue weighted by molar-refractivity contribution is 6.36. The number of carbonyl (C=O) groups excluding carboxylic acids is 2. The minimum absolute atomic E-state index is 0.0348. The molecular formula is C25H20Cl4N2O6. The minimum atomic E-state index is -1.22. The maximum absolute atomic E-state index is 12.8. The minimum Gasteiger partial charge on any atom is -0.479 e. The molecule has 0 saturated heterocycles. The lowest BCUT2D eigenvalue weighted by molar-refractivity contribution is -0.122. The number of ether oxygens (including phenoxy) is 2. The fourth-order valence-corrected chi connectivity index (χ4v) is 3.89. The Morgan fingerprint density at radius 3 is 1.59 bits per heavy atom. The monoisotopic (exact) mass is 584 g/mol. The van der Waals surface area contributed by atoms with Crippen molar-refractivity contribution in [2.45, 2.75) is 26.1 Å². The molecule has 0 aliphatic carbocycles. The second-order valence-electron chi connectivity index (χ2n) is 7.71. The van der Waals surface area contributed by atoms with Crippen molar-refractivity contribution in [3.05, 3.63) is 80.3 Å². The van der Waals surface area contributed by atoms with E-state index in [9.17, 15) is 19.5 Å². The summed E-state index contributed by atoms with van der Waals surface area (Å²) >= 11 is 24.0. The number of anilines is 2. The molecule has 0 spiro atoms. The highest BCUT2D eigenvalue weighted by atomic mass is 35.5. The molecule has 194 valence electrons. The zero-order valence-corrected chi connectivity index (χ0v) is 22.4. The van der Waals surface area contributed by atoms with Gasteiger partial charge in [0.15, 0.2) is 12.2 Å². The fraction of sp³-hybridized carbons (Fsp3) is 0.160. The van der Waals surface area contributed by atoms with Crippen molar-refractivity contribution in [2.24, 2.45) is 0 Å². The van der Waals surface area contributed by atoms with Gasteiger partial charge in [0.1, 0.15) is 11.5 Å². The highest BCUT2D eigenvalue weighted by Gasteiger charge is 2.22. The van der Waals surface area contributed by atoms with E-state index in [4.69, 9.17) is 55.9 Å². The number of nitrogens with one attached hydrogen (secondary N) is 2. The predicted molar refractivity (Wildman–Crippen MR) is 144 cm³/mol. The molecule has 0 unspecified atom stereocenters. The second-order valence-corrected chi connectivity index (χ2v) is 9.40. The zero-order valence-electron chi connectivity index (χ0n) is 19.4. The van der Waals surface area contributed by atoms with Gasteiger partial charge in [-0.25, -0.2) is 4.79 Å². The average molecular weight is 586 g/mol. The van der Waals surface area contributed by atoms with Gasteiger partial charge in [-0.1, -0.05) is 46.4 Å². The Hall–Kier alpha value is -3.17. The van der Waals surface area contributed by atoms with Crippen LogP contribution in [0.5, 0.6) is 11.5 Å². The van der Waals surface area contributed by atoms with Gasteiger partial charge in [-0.3, -0.25) is 9.59 Å². The summed E-state index contributed by atoms with van der Waals surface area (Å²) in [6.07, 6.45) is -2.04. The van der Waals surface area contributed by atoms with Crippen LogP contribution in [0.2, 0.25) is 20.1 Å². The molecule has 0 heterocycles. The van der Waals surface area contributed by atoms with E-state index in [0.717, 1.165) is 0 Å². The Labute approximate surface area is 232 Å². The van der Waals surface area contributed by atoms with E-state index in [1.54, 1.807) is 12.1 Å². The van der Waals surface area contributed by atoms with E-state index in [-0.39, 0.29) is 38.5 Å². The molecule has 0 aliphatic heterocycles. The van der Waals surface area contributed by atoms with Crippen LogP contribution in [0.4, 0.5) is 11.4 Å². The average Bonchev–Trinajstić information content (AvgIpc) is 2.83. The van der Waals surface area contributed by atoms with Crippen LogP contribution < -0.4 is 20.1 Å². The number of halogens is 4. The quantitative estimate of drug-likeness (QED) is 0.254. The van der Waals surface area contributed by atoms with Crippen LogP contribution in [0.15, 0.2) is 54.6 Å². The summed E-state index contributed by atoms with van der Waals surface area (Å²) in [7, 11) is 0. The van der Waals surface area contributed by atoms with Gasteiger partial charge in [0.05, 0.1) is 27.0 Å². The molecule has 3 aromatic rings. The first kappa shape index (κ1) is 28.4. The SMILES string of the molecule is C[C@@H](Oc1ccc(Cl)cc1Cl)C(=O)Nc1ccc(C(=O)O)cc1NC(=O)[C@@H](C)Oc1ccc(Cl)cc1Cl. The number of hydrogen-bond donors (Lipinski definition) is 3. The Morgan fingerprint density at radius 2 is 1.16 bits per heavy atom. The molecule has 0 bridgehead atoms. The van der Waals surface area contributed by atoms with Gasteiger partial charge in [-0.15, -0.1) is 0 Å². The molecule has 3 aromatic carbocycles. The third-order valence-corrected chi connectivity index (χ3v) is 5.98. The first-order valence-corrected chi connectivity index (χ1v) is 12.2. The molecule has 2 atom stereocenters. The normalized spacial score (nSPS) is 12.3. The van der Waals surface area contributed by atoms with E-state index in [0.29, 0.717) is 10.0 Å².